The zero-order valence-electron chi connectivity index (χ0n) is 38.8. The summed E-state index contributed by atoms with van der Waals surface area (Å²) in [5.41, 5.74) is 0.482. The van der Waals surface area contributed by atoms with Crippen molar-refractivity contribution in [3.8, 4) is 0 Å². The summed E-state index contributed by atoms with van der Waals surface area (Å²) in [6, 6.07) is 5.94. The minimum atomic E-state index is -1.15. The monoisotopic (exact) mass is 970 g/mol. The number of amides is 2. The number of nitrogens with one attached hydrogen (secondary N) is 4. The van der Waals surface area contributed by atoms with Gasteiger partial charge in [-0.15, -0.1) is 11.3 Å². The van der Waals surface area contributed by atoms with Crippen LogP contribution in [0.4, 0.5) is 10.8 Å². The molecule has 0 fully saturated rings. The molecule has 0 saturated carbocycles. The van der Waals surface area contributed by atoms with Gasteiger partial charge in [0.25, 0.3) is 5.91 Å². The SMILES string of the molecule is CCN(CC)c1ccc2cc(C(=O)NCCCCC(NC(=O)CCOCCOCCOCCOCCOCCOCCOCCOCCNSc3nc(NC)sc3C)C(=O)O)c(=O)oc2c1. The Labute approximate surface area is 395 Å². The van der Waals surface area contributed by atoms with Crippen LogP contribution in [0.3, 0.4) is 0 Å². The third-order valence-corrected chi connectivity index (χ3v) is 11.6. The number of aliphatic carboxylic acids is 1. The molecule has 0 spiro atoms. The first-order valence-electron chi connectivity index (χ1n) is 22.5. The summed E-state index contributed by atoms with van der Waals surface area (Å²) in [6.45, 7) is 15.4. The molecule has 1 unspecified atom stereocenters. The van der Waals surface area contributed by atoms with Gasteiger partial charge in [0.2, 0.25) is 5.91 Å². The molecule has 0 aliphatic rings. The maximum atomic E-state index is 12.7. The number of hydrogen-bond acceptors (Lipinski definition) is 19. The number of nitrogens with zero attached hydrogens (tertiary/aromatic N) is 2. The summed E-state index contributed by atoms with van der Waals surface area (Å²) in [6.07, 6.45) is 1.01. The number of unbranched alkanes of at least 4 members (excludes halogenated alkanes) is 1. The summed E-state index contributed by atoms with van der Waals surface area (Å²) < 4.78 is 52.7. The Hall–Kier alpha value is -3.94. The molecule has 5 N–H and O–H groups in total. The van der Waals surface area contributed by atoms with Crippen molar-refractivity contribution in [3.05, 3.63) is 45.1 Å². The van der Waals surface area contributed by atoms with E-state index in [4.69, 9.17) is 42.3 Å². The minimum absolute atomic E-state index is 0.00750. The smallest absolute Gasteiger partial charge is 0.349 e. The summed E-state index contributed by atoms with van der Waals surface area (Å²) >= 11 is 3.14. The van der Waals surface area contributed by atoms with Crippen molar-refractivity contribution in [2.45, 2.75) is 57.5 Å². The van der Waals surface area contributed by atoms with E-state index >= 15 is 0 Å². The predicted molar refractivity (Wildman–Crippen MR) is 253 cm³/mol. The van der Waals surface area contributed by atoms with Crippen LogP contribution in [0, 0.1) is 6.92 Å². The Bertz CT molecular complexity index is 1870. The van der Waals surface area contributed by atoms with Gasteiger partial charge in [0.05, 0.1) is 106 Å². The Balaban J connectivity index is 1.04. The molecule has 3 rings (SSSR count). The zero-order chi connectivity index (χ0) is 47.6. The van der Waals surface area contributed by atoms with Gasteiger partial charge >= 0.3 is 11.6 Å². The van der Waals surface area contributed by atoms with E-state index < -0.39 is 29.5 Å². The fourth-order valence-electron chi connectivity index (χ4n) is 5.96. The number of rotatable bonds is 41. The second-order valence-corrected chi connectivity index (χ2v) is 16.4. The number of carboxylic acids is 1. The van der Waals surface area contributed by atoms with Gasteiger partial charge in [-0.05, 0) is 70.2 Å². The van der Waals surface area contributed by atoms with Gasteiger partial charge in [0.1, 0.15) is 22.2 Å². The van der Waals surface area contributed by atoms with Crippen LogP contribution in [0.15, 0.2) is 38.5 Å². The summed E-state index contributed by atoms with van der Waals surface area (Å²) in [5.74, 6) is -2.17. The molecule has 2 amide bonds. The Morgan fingerprint density at radius 3 is 1.83 bits per heavy atom. The first kappa shape index (κ1) is 56.4. The van der Waals surface area contributed by atoms with Crippen molar-refractivity contribution in [1.82, 2.24) is 20.3 Å². The van der Waals surface area contributed by atoms with Gasteiger partial charge in [-0.3, -0.25) is 14.3 Å². The highest BCUT2D eigenvalue weighted by atomic mass is 32.2. The normalized spacial score (nSPS) is 11.8. The lowest BCUT2D eigenvalue weighted by atomic mass is 10.1. The minimum Gasteiger partial charge on any atom is -0.480 e. The average molecular weight is 971 g/mol. The Morgan fingerprint density at radius 2 is 1.32 bits per heavy atom. The number of fused-ring (bicyclic) bond motifs is 1. The molecule has 3 aromatic rings. The molecule has 1 aromatic carbocycles. The molecule has 2 heterocycles. The van der Waals surface area contributed by atoms with E-state index in [-0.39, 0.29) is 38.2 Å². The molecular formula is C44H70N6O14S2. The van der Waals surface area contributed by atoms with Crippen molar-refractivity contribution >= 4 is 62.9 Å². The van der Waals surface area contributed by atoms with E-state index in [9.17, 15) is 24.3 Å². The highest BCUT2D eigenvalue weighted by Gasteiger charge is 2.20. The quantitative estimate of drug-likeness (QED) is 0.0309. The summed E-state index contributed by atoms with van der Waals surface area (Å²) in [5, 5.41) is 20.4. The molecule has 20 nitrogen and oxygen atoms in total. The number of aromatic nitrogens is 1. The van der Waals surface area contributed by atoms with E-state index in [1.807, 2.05) is 40.0 Å². The van der Waals surface area contributed by atoms with E-state index in [0.717, 1.165) is 28.9 Å². The molecule has 66 heavy (non-hydrogen) atoms. The zero-order valence-corrected chi connectivity index (χ0v) is 40.5. The van der Waals surface area contributed by atoms with Gasteiger partial charge in [0.15, 0.2) is 5.13 Å². The first-order chi connectivity index (χ1) is 32.2. The van der Waals surface area contributed by atoms with Crippen molar-refractivity contribution in [1.29, 1.82) is 0 Å². The molecule has 372 valence electrons. The first-order valence-corrected chi connectivity index (χ1v) is 24.1. The number of ether oxygens (including phenoxy) is 8. The highest BCUT2D eigenvalue weighted by molar-refractivity contribution is 7.97. The maximum absolute atomic E-state index is 12.7. The molecule has 1 atom stereocenters. The number of benzene rings is 1. The standard InChI is InChI=1S/C44H70N6O14S2/c1-5-50(6-2)35-11-10-34-31-36(43(55)64-38(34)32-35)40(52)46-13-8-7-9-37(42(53)54)48-39(51)12-15-56-17-19-58-21-23-60-25-27-62-29-30-63-28-26-61-24-22-59-20-18-57-16-14-47-66-41-33(3)65-44(45-4)49-41/h10-11,31-32,37,47H,5-9,12-30H2,1-4H3,(H,45,49)(H,46,52)(H,48,51)(H,53,54). The van der Waals surface area contributed by atoms with Crippen LogP contribution >= 0.6 is 23.3 Å². The number of hydrogen-bond donors (Lipinski definition) is 5. The van der Waals surface area contributed by atoms with Gasteiger partial charge in [-0.2, -0.15) is 0 Å². The average Bonchev–Trinajstić information content (AvgIpc) is 3.68. The molecule has 0 saturated heterocycles. The number of carboxylic acid groups (broad SMARTS) is 1. The lowest BCUT2D eigenvalue weighted by Gasteiger charge is -2.21. The number of anilines is 2. The highest BCUT2D eigenvalue weighted by Crippen LogP contribution is 2.27. The maximum Gasteiger partial charge on any atom is 0.349 e. The van der Waals surface area contributed by atoms with Crippen LogP contribution < -0.4 is 31.2 Å². The second kappa shape index (κ2) is 35.2. The number of carbonyl (C=O) groups excluding carboxylic acids is 2. The van der Waals surface area contributed by atoms with E-state index in [1.54, 1.807) is 17.4 Å². The number of carbonyl (C=O) groups is 3. The Morgan fingerprint density at radius 1 is 0.773 bits per heavy atom. The molecule has 0 aliphatic heterocycles. The Kier molecular flexibility index (Phi) is 30.1. The van der Waals surface area contributed by atoms with Crippen LogP contribution in [-0.2, 0) is 47.5 Å². The second-order valence-electron chi connectivity index (χ2n) is 14.3. The molecule has 2 aromatic heterocycles. The topological polar surface area (TPSA) is 240 Å². The lowest BCUT2D eigenvalue weighted by molar-refractivity contribution is -0.142. The van der Waals surface area contributed by atoms with Crippen LogP contribution in [0.1, 0.15) is 54.8 Å². The molecule has 22 heteroatoms. The molecule has 0 bridgehead atoms. The predicted octanol–water partition coefficient (Wildman–Crippen LogP) is 3.74. The van der Waals surface area contributed by atoms with Crippen LogP contribution in [0.2, 0.25) is 0 Å². The van der Waals surface area contributed by atoms with Crippen LogP contribution in [0.5, 0.6) is 0 Å². The van der Waals surface area contributed by atoms with Crippen LogP contribution in [-0.4, -0.2) is 173 Å². The molecule has 0 aliphatic carbocycles. The fourth-order valence-corrected chi connectivity index (χ4v) is 7.53. The van der Waals surface area contributed by atoms with Crippen molar-refractivity contribution < 1.29 is 61.8 Å². The van der Waals surface area contributed by atoms with E-state index in [2.05, 4.69) is 30.6 Å². The van der Waals surface area contributed by atoms with E-state index in [1.165, 1.54) is 22.9 Å². The van der Waals surface area contributed by atoms with Crippen molar-refractivity contribution in [2.24, 2.45) is 0 Å². The van der Waals surface area contributed by atoms with Crippen LogP contribution in [0.25, 0.3) is 11.0 Å². The largest absolute Gasteiger partial charge is 0.480 e. The van der Waals surface area contributed by atoms with Crippen molar-refractivity contribution in [3.63, 3.8) is 0 Å². The molecular weight excluding hydrogens is 901 g/mol. The molecule has 0 radical (unpaired) electrons. The van der Waals surface area contributed by atoms with Gasteiger partial charge in [-0.1, -0.05) is 0 Å². The van der Waals surface area contributed by atoms with Crippen molar-refractivity contribution in [2.75, 3.05) is 149 Å². The third kappa shape index (κ3) is 23.7. The lowest BCUT2D eigenvalue weighted by Crippen LogP contribution is -2.41. The van der Waals surface area contributed by atoms with E-state index in [0.29, 0.717) is 123 Å². The fraction of sp³-hybridized carbons (Fsp3) is 0.659. The third-order valence-electron chi connectivity index (χ3n) is 9.49. The van der Waals surface area contributed by atoms with Gasteiger partial charge in [-0.25, -0.2) is 14.6 Å². The number of aryl methyl sites for hydroxylation is 1. The summed E-state index contributed by atoms with van der Waals surface area (Å²) in [4.78, 5) is 57.1. The summed E-state index contributed by atoms with van der Waals surface area (Å²) in [7, 11) is 1.86. The van der Waals surface area contributed by atoms with Gasteiger partial charge in [0, 0.05) is 61.7 Å². The van der Waals surface area contributed by atoms with Gasteiger partial charge < -0.3 is 68.3 Å². The number of thiazole rings is 1.